The molecule has 0 aromatic carbocycles. The number of aliphatic hydroxyl groups is 1. The second-order valence-electron chi connectivity index (χ2n) is 4.67. The predicted molar refractivity (Wildman–Crippen MR) is 68.3 cm³/mol. The molecule has 1 atom stereocenters. The maximum absolute atomic E-state index is 10.1. The quantitative estimate of drug-likeness (QED) is 0.817. The topological polar surface area (TPSA) is 58.0 Å². The second-order valence-corrected chi connectivity index (χ2v) is 5.49. The molecule has 1 aromatic heterocycles. The van der Waals surface area contributed by atoms with Gasteiger partial charge in [-0.15, -0.1) is 0 Å². The predicted octanol–water partition coefficient (Wildman–Crippen LogP) is 2.45. The Hall–Kier alpha value is -0.680. The van der Waals surface area contributed by atoms with Gasteiger partial charge in [0.1, 0.15) is 16.7 Å². The summed E-state index contributed by atoms with van der Waals surface area (Å²) in [7, 11) is 0. The van der Waals surface area contributed by atoms with Gasteiger partial charge in [0.2, 0.25) is 0 Å². The molecule has 0 aliphatic heterocycles. The van der Waals surface area contributed by atoms with Gasteiger partial charge in [-0.25, -0.2) is 9.97 Å². The molecule has 0 amide bonds. The van der Waals surface area contributed by atoms with Crippen LogP contribution in [0.2, 0.25) is 0 Å². The molecule has 1 heterocycles. The Kier molecular flexibility index (Phi) is 4.68. The lowest BCUT2D eigenvalue weighted by atomic mass is 9.94. The van der Waals surface area contributed by atoms with Gasteiger partial charge in [-0.2, -0.15) is 0 Å². The van der Waals surface area contributed by atoms with Crippen LogP contribution >= 0.6 is 15.9 Å². The monoisotopic (exact) mass is 287 g/mol. The first-order valence-electron chi connectivity index (χ1n) is 5.33. The van der Waals surface area contributed by atoms with Crippen LogP contribution < -0.4 is 5.32 Å². The number of nitrogens with one attached hydrogen (secondary N) is 1. The van der Waals surface area contributed by atoms with Gasteiger partial charge >= 0.3 is 0 Å². The van der Waals surface area contributed by atoms with Crippen molar-refractivity contribution in [1.29, 1.82) is 0 Å². The third-order valence-electron chi connectivity index (χ3n) is 2.13. The molecule has 0 spiro atoms. The highest BCUT2D eigenvalue weighted by Crippen LogP contribution is 2.17. The van der Waals surface area contributed by atoms with E-state index in [0.29, 0.717) is 18.3 Å². The fraction of sp³-hybridized carbons (Fsp3) is 0.636. The van der Waals surface area contributed by atoms with E-state index in [0.717, 1.165) is 11.0 Å². The lowest BCUT2D eigenvalue weighted by Gasteiger charge is -2.25. The van der Waals surface area contributed by atoms with Gasteiger partial charge in [-0.1, -0.05) is 13.8 Å². The van der Waals surface area contributed by atoms with Gasteiger partial charge in [0.15, 0.2) is 0 Å². The summed E-state index contributed by atoms with van der Waals surface area (Å²) in [6, 6.07) is 1.78. The fourth-order valence-electron chi connectivity index (χ4n) is 1.66. The first-order valence-corrected chi connectivity index (χ1v) is 6.12. The van der Waals surface area contributed by atoms with Crippen molar-refractivity contribution in [3.05, 3.63) is 17.0 Å². The molecule has 0 saturated heterocycles. The summed E-state index contributed by atoms with van der Waals surface area (Å²) in [5.41, 5.74) is -0.717. The smallest absolute Gasteiger partial charge is 0.130 e. The summed E-state index contributed by atoms with van der Waals surface area (Å²) >= 11 is 3.27. The largest absolute Gasteiger partial charge is 0.388 e. The van der Waals surface area contributed by atoms with E-state index in [9.17, 15) is 5.11 Å². The van der Waals surface area contributed by atoms with Crippen LogP contribution in [-0.2, 0) is 0 Å². The maximum atomic E-state index is 10.1. The normalized spacial score (nSPS) is 14.9. The highest BCUT2D eigenvalue weighted by molar-refractivity contribution is 9.10. The lowest BCUT2D eigenvalue weighted by molar-refractivity contribution is 0.0515. The van der Waals surface area contributed by atoms with Crippen molar-refractivity contribution in [3.63, 3.8) is 0 Å². The first kappa shape index (κ1) is 13.4. The zero-order valence-corrected chi connectivity index (χ0v) is 11.5. The van der Waals surface area contributed by atoms with Crippen molar-refractivity contribution in [2.75, 3.05) is 11.9 Å². The van der Waals surface area contributed by atoms with E-state index in [1.165, 1.54) is 6.33 Å². The van der Waals surface area contributed by atoms with Crippen LogP contribution in [0, 0.1) is 5.92 Å². The van der Waals surface area contributed by atoms with Crippen molar-refractivity contribution in [2.45, 2.75) is 32.8 Å². The molecule has 1 unspecified atom stereocenters. The summed E-state index contributed by atoms with van der Waals surface area (Å²) in [5.74, 6) is 1.18. The van der Waals surface area contributed by atoms with Crippen molar-refractivity contribution in [3.8, 4) is 0 Å². The Morgan fingerprint density at radius 1 is 1.50 bits per heavy atom. The average molecular weight is 288 g/mol. The van der Waals surface area contributed by atoms with Gasteiger partial charge in [-0.3, -0.25) is 0 Å². The van der Waals surface area contributed by atoms with Crippen molar-refractivity contribution in [2.24, 2.45) is 5.92 Å². The summed E-state index contributed by atoms with van der Waals surface area (Å²) in [5, 5.41) is 13.2. The lowest BCUT2D eigenvalue weighted by Crippen LogP contribution is -2.35. The third kappa shape index (κ3) is 4.90. The van der Waals surface area contributed by atoms with Gasteiger partial charge in [0.05, 0.1) is 5.60 Å². The molecule has 1 rings (SSSR count). The summed E-state index contributed by atoms with van der Waals surface area (Å²) < 4.78 is 0.730. The Bertz CT molecular complexity index is 342. The van der Waals surface area contributed by atoms with Gasteiger partial charge in [0.25, 0.3) is 0 Å². The number of aromatic nitrogens is 2. The molecule has 0 aliphatic carbocycles. The summed E-state index contributed by atoms with van der Waals surface area (Å²) in [6.45, 7) is 6.50. The van der Waals surface area contributed by atoms with Gasteiger partial charge < -0.3 is 10.4 Å². The minimum atomic E-state index is -0.717. The van der Waals surface area contributed by atoms with E-state index in [2.05, 4.69) is 45.1 Å². The molecule has 90 valence electrons. The van der Waals surface area contributed by atoms with Gasteiger partial charge in [-0.05, 0) is 35.2 Å². The molecular weight excluding hydrogens is 270 g/mol. The number of nitrogens with zero attached hydrogens (tertiary/aromatic N) is 2. The molecule has 2 N–H and O–H groups in total. The Morgan fingerprint density at radius 2 is 2.19 bits per heavy atom. The molecule has 0 radical (unpaired) electrons. The summed E-state index contributed by atoms with van der Waals surface area (Å²) in [6.07, 6.45) is 2.23. The van der Waals surface area contributed by atoms with Crippen LogP contribution in [0.5, 0.6) is 0 Å². The van der Waals surface area contributed by atoms with E-state index >= 15 is 0 Å². The van der Waals surface area contributed by atoms with E-state index in [1.807, 2.05) is 6.92 Å². The molecular formula is C11H18BrN3O. The van der Waals surface area contributed by atoms with Crippen LogP contribution in [0.15, 0.2) is 17.0 Å². The van der Waals surface area contributed by atoms with Crippen LogP contribution in [0.1, 0.15) is 27.2 Å². The molecule has 4 nitrogen and oxygen atoms in total. The maximum Gasteiger partial charge on any atom is 0.130 e. The van der Waals surface area contributed by atoms with E-state index in [-0.39, 0.29) is 0 Å². The van der Waals surface area contributed by atoms with Crippen molar-refractivity contribution >= 4 is 21.7 Å². The molecule has 0 fully saturated rings. The number of rotatable bonds is 5. The molecule has 1 aromatic rings. The van der Waals surface area contributed by atoms with Crippen molar-refractivity contribution in [1.82, 2.24) is 9.97 Å². The third-order valence-corrected chi connectivity index (χ3v) is 2.57. The number of hydrogen-bond donors (Lipinski definition) is 2. The van der Waals surface area contributed by atoms with Gasteiger partial charge in [0, 0.05) is 12.6 Å². The zero-order valence-electron chi connectivity index (χ0n) is 9.87. The van der Waals surface area contributed by atoms with E-state index in [1.54, 1.807) is 6.07 Å². The highest BCUT2D eigenvalue weighted by atomic mass is 79.9. The summed E-state index contributed by atoms with van der Waals surface area (Å²) in [4.78, 5) is 7.99. The molecule has 0 bridgehead atoms. The van der Waals surface area contributed by atoms with E-state index < -0.39 is 5.60 Å². The minimum Gasteiger partial charge on any atom is -0.388 e. The highest BCUT2D eigenvalue weighted by Gasteiger charge is 2.21. The molecule has 5 heteroatoms. The molecule has 16 heavy (non-hydrogen) atoms. The van der Waals surface area contributed by atoms with Crippen LogP contribution in [-0.4, -0.2) is 27.2 Å². The standard InChI is InChI=1S/C11H18BrN3O/c1-8(2)5-11(3,16)6-13-10-4-9(12)14-7-15-10/h4,7-8,16H,5-6H2,1-3H3,(H,13,14,15). The number of halogens is 1. The SMILES string of the molecule is CC(C)CC(C)(O)CNc1cc(Br)ncn1. The van der Waals surface area contributed by atoms with Crippen LogP contribution in [0.4, 0.5) is 5.82 Å². The minimum absolute atomic E-state index is 0.467. The first-order chi connectivity index (χ1) is 7.39. The molecule has 0 aliphatic rings. The van der Waals surface area contributed by atoms with Crippen LogP contribution in [0.3, 0.4) is 0 Å². The number of anilines is 1. The number of hydrogen-bond acceptors (Lipinski definition) is 4. The fourth-order valence-corrected chi connectivity index (χ4v) is 1.97. The zero-order chi connectivity index (χ0) is 12.2. The molecule has 0 saturated carbocycles. The van der Waals surface area contributed by atoms with E-state index in [4.69, 9.17) is 0 Å². The van der Waals surface area contributed by atoms with Crippen LogP contribution in [0.25, 0.3) is 0 Å². The second kappa shape index (κ2) is 5.59. The Morgan fingerprint density at radius 3 is 2.75 bits per heavy atom. The Labute approximate surface area is 105 Å². The van der Waals surface area contributed by atoms with Crippen molar-refractivity contribution < 1.29 is 5.11 Å². The average Bonchev–Trinajstić information content (AvgIpc) is 2.13. The Balaban J connectivity index is 2.50.